The number of thiophene rings is 1. The van der Waals surface area contributed by atoms with Crippen LogP contribution in [0.5, 0.6) is 0 Å². The van der Waals surface area contributed by atoms with Crippen LogP contribution in [0.25, 0.3) is 0 Å². The zero-order valence-electron chi connectivity index (χ0n) is 13.9. The number of nitrogens with zero attached hydrogens (tertiary/aromatic N) is 3. The van der Waals surface area contributed by atoms with Crippen molar-refractivity contribution in [1.82, 2.24) is 20.2 Å². The molecule has 0 spiro atoms. The van der Waals surface area contributed by atoms with Gasteiger partial charge in [0, 0.05) is 30.4 Å². The summed E-state index contributed by atoms with van der Waals surface area (Å²) in [6.45, 7) is 3.10. The second-order valence-electron chi connectivity index (χ2n) is 5.49. The number of guanidine groups is 1. The van der Waals surface area contributed by atoms with Crippen LogP contribution in [-0.4, -0.2) is 28.6 Å². The fourth-order valence-corrected chi connectivity index (χ4v) is 3.12. The summed E-state index contributed by atoms with van der Waals surface area (Å²) in [7, 11) is 0. The summed E-state index contributed by atoms with van der Waals surface area (Å²) in [6.07, 6.45) is 3.62. The van der Waals surface area contributed by atoms with Crippen molar-refractivity contribution < 1.29 is 8.78 Å². The molecule has 0 aliphatic heterocycles. The maximum Gasteiger partial charge on any atom is 0.319 e. The summed E-state index contributed by atoms with van der Waals surface area (Å²) in [6, 6.07) is 4.18. The van der Waals surface area contributed by atoms with Crippen LogP contribution in [0.15, 0.2) is 34.9 Å². The van der Waals surface area contributed by atoms with Gasteiger partial charge in [-0.05, 0) is 30.7 Å². The van der Waals surface area contributed by atoms with Crippen LogP contribution in [0.2, 0.25) is 0 Å². The van der Waals surface area contributed by atoms with Gasteiger partial charge in [0.05, 0.1) is 0 Å². The molecule has 8 heteroatoms. The first-order chi connectivity index (χ1) is 11.6. The molecule has 5 nitrogen and oxygen atoms in total. The van der Waals surface area contributed by atoms with E-state index in [-0.39, 0.29) is 12.4 Å². The predicted molar refractivity (Wildman–Crippen MR) is 93.5 cm³/mol. The lowest BCUT2D eigenvalue weighted by atomic mass is 10.1. The van der Waals surface area contributed by atoms with Crippen molar-refractivity contribution in [2.24, 2.45) is 10.9 Å². The van der Waals surface area contributed by atoms with Crippen molar-refractivity contribution in [1.29, 1.82) is 0 Å². The quantitative estimate of drug-likeness (QED) is 0.564. The molecular formula is C16H23F2N5S. The summed E-state index contributed by atoms with van der Waals surface area (Å²) >= 11 is 1.75. The van der Waals surface area contributed by atoms with Gasteiger partial charge in [-0.1, -0.05) is 13.0 Å². The molecule has 24 heavy (non-hydrogen) atoms. The Morgan fingerprint density at radius 1 is 1.42 bits per heavy atom. The highest BCUT2D eigenvalue weighted by molar-refractivity contribution is 7.09. The first kappa shape index (κ1) is 18.4. The minimum atomic E-state index is -2.60. The van der Waals surface area contributed by atoms with E-state index in [1.807, 2.05) is 6.92 Å². The van der Waals surface area contributed by atoms with Gasteiger partial charge >= 0.3 is 6.55 Å². The topological polar surface area (TPSA) is 54.2 Å². The molecule has 0 radical (unpaired) electrons. The van der Waals surface area contributed by atoms with Gasteiger partial charge in [0.25, 0.3) is 0 Å². The van der Waals surface area contributed by atoms with Crippen LogP contribution >= 0.6 is 11.3 Å². The van der Waals surface area contributed by atoms with Gasteiger partial charge in [-0.25, -0.2) is 9.98 Å². The predicted octanol–water partition coefficient (Wildman–Crippen LogP) is 3.27. The van der Waals surface area contributed by atoms with Crippen molar-refractivity contribution in [3.63, 3.8) is 0 Å². The van der Waals surface area contributed by atoms with Crippen molar-refractivity contribution in [3.8, 4) is 0 Å². The minimum Gasteiger partial charge on any atom is -0.357 e. The highest BCUT2D eigenvalue weighted by Crippen LogP contribution is 2.14. The molecule has 2 aromatic heterocycles. The van der Waals surface area contributed by atoms with Crippen LogP contribution in [-0.2, 0) is 13.0 Å². The lowest BCUT2D eigenvalue weighted by Gasteiger charge is -2.15. The van der Waals surface area contributed by atoms with E-state index in [1.165, 1.54) is 17.3 Å². The zero-order valence-corrected chi connectivity index (χ0v) is 14.7. The summed E-state index contributed by atoms with van der Waals surface area (Å²) in [5, 5.41) is 8.46. The highest BCUT2D eigenvalue weighted by atomic mass is 32.1. The Hall–Kier alpha value is -1.96. The third-order valence-electron chi connectivity index (χ3n) is 3.43. The Morgan fingerprint density at radius 2 is 2.25 bits per heavy atom. The van der Waals surface area contributed by atoms with E-state index in [2.05, 4.69) is 45.0 Å². The van der Waals surface area contributed by atoms with Crippen LogP contribution in [0.1, 0.15) is 31.1 Å². The minimum absolute atomic E-state index is 0.103. The van der Waals surface area contributed by atoms with E-state index in [9.17, 15) is 8.78 Å². The Bertz CT molecular complexity index is 624. The molecule has 0 aliphatic carbocycles. The number of nitrogens with one attached hydrogen (secondary N) is 2. The SMILES string of the molecule is CCNC(=NCc1nccn1C(F)F)NCC(C)Cc1cccs1. The number of halogens is 2. The van der Waals surface area contributed by atoms with E-state index in [4.69, 9.17) is 0 Å². The Balaban J connectivity index is 1.89. The van der Waals surface area contributed by atoms with E-state index >= 15 is 0 Å². The molecule has 0 fully saturated rings. The van der Waals surface area contributed by atoms with Gasteiger partial charge in [-0.3, -0.25) is 4.57 Å². The first-order valence-electron chi connectivity index (χ1n) is 7.94. The monoisotopic (exact) mass is 355 g/mol. The van der Waals surface area contributed by atoms with E-state index in [0.29, 0.717) is 18.4 Å². The molecule has 132 valence electrons. The number of imidazole rings is 1. The molecule has 1 atom stereocenters. The average molecular weight is 355 g/mol. The highest BCUT2D eigenvalue weighted by Gasteiger charge is 2.11. The van der Waals surface area contributed by atoms with Crippen molar-refractivity contribution in [2.75, 3.05) is 13.1 Å². The van der Waals surface area contributed by atoms with E-state index < -0.39 is 6.55 Å². The van der Waals surface area contributed by atoms with E-state index in [0.717, 1.165) is 17.5 Å². The normalized spacial score (nSPS) is 13.3. The summed E-state index contributed by atoms with van der Waals surface area (Å²) in [5.41, 5.74) is 0. The van der Waals surface area contributed by atoms with Gasteiger partial charge in [0.1, 0.15) is 12.4 Å². The second-order valence-corrected chi connectivity index (χ2v) is 6.53. The number of aliphatic imine (C=N–C) groups is 1. The van der Waals surface area contributed by atoms with Crippen LogP contribution < -0.4 is 10.6 Å². The molecule has 0 aromatic carbocycles. The standard InChI is InChI=1S/C16H23F2N5S/c1-3-19-16(21-10-12(2)9-13-5-4-8-24-13)22-11-14-20-6-7-23(14)15(17)18/h4-8,12,15H,3,9-11H2,1-2H3,(H2,19,21,22). The molecule has 2 heterocycles. The van der Waals surface area contributed by atoms with Gasteiger partial charge in [0.2, 0.25) is 0 Å². The van der Waals surface area contributed by atoms with Crippen LogP contribution in [0, 0.1) is 5.92 Å². The summed E-state index contributed by atoms with van der Waals surface area (Å²) in [4.78, 5) is 9.64. The number of rotatable bonds is 8. The molecule has 1 unspecified atom stereocenters. The van der Waals surface area contributed by atoms with E-state index in [1.54, 1.807) is 11.3 Å². The molecule has 0 amide bonds. The first-order valence-corrected chi connectivity index (χ1v) is 8.82. The second kappa shape index (κ2) is 9.36. The van der Waals surface area contributed by atoms with Crippen LogP contribution in [0.3, 0.4) is 0 Å². The van der Waals surface area contributed by atoms with Gasteiger partial charge in [0.15, 0.2) is 5.96 Å². The average Bonchev–Trinajstić information content (AvgIpc) is 3.21. The number of aromatic nitrogens is 2. The smallest absolute Gasteiger partial charge is 0.319 e. The Morgan fingerprint density at radius 3 is 2.92 bits per heavy atom. The number of alkyl halides is 2. The molecule has 2 N–H and O–H groups in total. The third kappa shape index (κ3) is 5.59. The lowest BCUT2D eigenvalue weighted by molar-refractivity contribution is 0.0671. The Labute approximate surface area is 144 Å². The third-order valence-corrected chi connectivity index (χ3v) is 4.33. The molecular weight excluding hydrogens is 332 g/mol. The number of hydrogen-bond acceptors (Lipinski definition) is 3. The van der Waals surface area contributed by atoms with Gasteiger partial charge in [-0.2, -0.15) is 8.78 Å². The van der Waals surface area contributed by atoms with Crippen molar-refractivity contribution in [3.05, 3.63) is 40.6 Å². The molecule has 0 saturated heterocycles. The summed E-state index contributed by atoms with van der Waals surface area (Å²) in [5.74, 6) is 1.30. The molecule has 2 rings (SSSR count). The Kier molecular flexibility index (Phi) is 7.17. The zero-order chi connectivity index (χ0) is 17.4. The molecule has 0 saturated carbocycles. The van der Waals surface area contributed by atoms with Crippen LogP contribution in [0.4, 0.5) is 8.78 Å². The maximum absolute atomic E-state index is 12.8. The number of hydrogen-bond donors (Lipinski definition) is 2. The molecule has 0 bridgehead atoms. The summed E-state index contributed by atoms with van der Waals surface area (Å²) < 4.78 is 26.4. The van der Waals surface area contributed by atoms with Crippen molar-refractivity contribution >= 4 is 17.3 Å². The van der Waals surface area contributed by atoms with Crippen molar-refractivity contribution in [2.45, 2.75) is 33.4 Å². The fourth-order valence-electron chi connectivity index (χ4n) is 2.25. The largest absolute Gasteiger partial charge is 0.357 e. The molecule has 0 aliphatic rings. The lowest BCUT2D eigenvalue weighted by Crippen LogP contribution is -2.39. The maximum atomic E-state index is 12.8. The van der Waals surface area contributed by atoms with Gasteiger partial charge < -0.3 is 10.6 Å². The molecule has 2 aromatic rings. The fraction of sp³-hybridized carbons (Fsp3) is 0.500. The van der Waals surface area contributed by atoms with Gasteiger partial charge in [-0.15, -0.1) is 11.3 Å².